The summed E-state index contributed by atoms with van der Waals surface area (Å²) >= 11 is 0. The maximum Gasteiger partial charge on any atom is 0.155 e. The van der Waals surface area contributed by atoms with Gasteiger partial charge in [0, 0.05) is 6.42 Å². The van der Waals surface area contributed by atoms with Gasteiger partial charge in [0.25, 0.3) is 0 Å². The first kappa shape index (κ1) is 6.53. The van der Waals surface area contributed by atoms with Crippen molar-refractivity contribution in [2.45, 2.75) is 25.7 Å². The van der Waals surface area contributed by atoms with Crippen molar-refractivity contribution < 1.29 is 4.79 Å². The van der Waals surface area contributed by atoms with Crippen molar-refractivity contribution in [3.05, 3.63) is 18.6 Å². The molecule has 1 aliphatic rings. The molecule has 1 rings (SSSR count). The Labute approximate surface area is 55.8 Å². The Bertz CT molecular complexity index is 125. The van der Waals surface area contributed by atoms with E-state index in [0.29, 0.717) is 0 Å². The SMILES string of the molecule is O=C1/C=C\C[CH]CCC1. The van der Waals surface area contributed by atoms with E-state index in [9.17, 15) is 4.79 Å². The van der Waals surface area contributed by atoms with Crippen LogP contribution in [-0.4, -0.2) is 5.78 Å². The summed E-state index contributed by atoms with van der Waals surface area (Å²) in [6.07, 6.45) is 9.65. The molecule has 0 saturated heterocycles. The highest BCUT2D eigenvalue weighted by Gasteiger charge is 1.98. The highest BCUT2D eigenvalue weighted by atomic mass is 16.1. The molecule has 0 atom stereocenters. The van der Waals surface area contributed by atoms with Gasteiger partial charge in [0.15, 0.2) is 5.78 Å². The topological polar surface area (TPSA) is 17.1 Å². The van der Waals surface area contributed by atoms with Gasteiger partial charge in [-0.3, -0.25) is 4.79 Å². The second-order valence-electron chi connectivity index (χ2n) is 2.29. The Hall–Kier alpha value is -0.590. The predicted molar refractivity (Wildman–Crippen MR) is 36.9 cm³/mol. The van der Waals surface area contributed by atoms with Crippen LogP contribution in [0.5, 0.6) is 0 Å². The fourth-order valence-electron chi connectivity index (χ4n) is 0.918. The molecular weight excluding hydrogens is 112 g/mol. The highest BCUT2D eigenvalue weighted by Crippen LogP contribution is 2.06. The van der Waals surface area contributed by atoms with Crippen molar-refractivity contribution in [1.82, 2.24) is 0 Å². The Kier molecular flexibility index (Phi) is 2.49. The third kappa shape index (κ3) is 2.45. The average Bonchev–Trinajstić information content (AvgIpc) is 1.79. The minimum absolute atomic E-state index is 0.281. The molecule has 0 aromatic heterocycles. The van der Waals surface area contributed by atoms with Gasteiger partial charge in [0.05, 0.1) is 0 Å². The van der Waals surface area contributed by atoms with E-state index >= 15 is 0 Å². The molecule has 0 N–H and O–H groups in total. The molecule has 0 unspecified atom stereocenters. The van der Waals surface area contributed by atoms with Gasteiger partial charge < -0.3 is 0 Å². The number of allylic oxidation sites excluding steroid dienone is 2. The van der Waals surface area contributed by atoms with Crippen LogP contribution >= 0.6 is 0 Å². The maximum atomic E-state index is 10.7. The molecule has 0 aromatic rings. The summed E-state index contributed by atoms with van der Waals surface area (Å²) in [5, 5.41) is 0. The Morgan fingerprint density at radius 1 is 1.44 bits per heavy atom. The standard InChI is InChI=1S/C8H11O/c9-8-6-4-2-1-3-5-7-8/h1,4,6H,2-3,5,7H2/b6-4-. The first-order valence-electron chi connectivity index (χ1n) is 3.40. The molecule has 0 amide bonds. The quantitative estimate of drug-likeness (QED) is 0.480. The smallest absolute Gasteiger partial charge is 0.155 e. The van der Waals surface area contributed by atoms with Crippen LogP contribution in [0.2, 0.25) is 0 Å². The maximum absolute atomic E-state index is 10.7. The number of hydrogen-bond acceptors (Lipinski definition) is 1. The fraction of sp³-hybridized carbons (Fsp3) is 0.500. The largest absolute Gasteiger partial charge is 0.295 e. The van der Waals surface area contributed by atoms with Crippen molar-refractivity contribution in [2.75, 3.05) is 0 Å². The lowest BCUT2D eigenvalue weighted by atomic mass is 10.1. The van der Waals surface area contributed by atoms with Crippen LogP contribution in [0.15, 0.2) is 12.2 Å². The summed E-state index contributed by atoms with van der Waals surface area (Å²) in [5.74, 6) is 0.281. The molecule has 49 valence electrons. The van der Waals surface area contributed by atoms with Gasteiger partial charge >= 0.3 is 0 Å². The summed E-state index contributed by atoms with van der Waals surface area (Å²) in [6.45, 7) is 0. The molecule has 0 heterocycles. The predicted octanol–water partition coefficient (Wildman–Crippen LogP) is 1.89. The summed E-state index contributed by atoms with van der Waals surface area (Å²) in [7, 11) is 0. The number of rotatable bonds is 0. The van der Waals surface area contributed by atoms with E-state index in [1.54, 1.807) is 6.08 Å². The molecule has 0 fully saturated rings. The van der Waals surface area contributed by atoms with E-state index in [-0.39, 0.29) is 5.78 Å². The number of carbonyl (C=O) groups excluding carboxylic acids is 1. The lowest BCUT2D eigenvalue weighted by Crippen LogP contribution is -1.94. The third-order valence-electron chi connectivity index (χ3n) is 1.44. The van der Waals surface area contributed by atoms with Gasteiger partial charge in [-0.25, -0.2) is 0 Å². The zero-order valence-corrected chi connectivity index (χ0v) is 5.47. The molecule has 0 spiro atoms. The van der Waals surface area contributed by atoms with Crippen molar-refractivity contribution in [3.63, 3.8) is 0 Å². The van der Waals surface area contributed by atoms with E-state index < -0.39 is 0 Å². The summed E-state index contributed by atoms with van der Waals surface area (Å²) in [5.41, 5.74) is 0. The van der Waals surface area contributed by atoms with E-state index in [2.05, 4.69) is 6.42 Å². The van der Waals surface area contributed by atoms with E-state index in [4.69, 9.17) is 0 Å². The Morgan fingerprint density at radius 2 is 2.33 bits per heavy atom. The van der Waals surface area contributed by atoms with Gasteiger partial charge in [-0.2, -0.15) is 0 Å². The molecular formula is C8H11O. The van der Waals surface area contributed by atoms with Crippen LogP contribution in [0.1, 0.15) is 25.7 Å². The van der Waals surface area contributed by atoms with Crippen LogP contribution in [0, 0.1) is 6.42 Å². The molecule has 0 aromatic carbocycles. The molecule has 0 bridgehead atoms. The molecule has 0 aliphatic heterocycles. The normalized spacial score (nSPS) is 24.7. The monoisotopic (exact) mass is 123 g/mol. The number of hydrogen-bond donors (Lipinski definition) is 0. The van der Waals surface area contributed by atoms with Crippen molar-refractivity contribution in [2.24, 2.45) is 0 Å². The molecule has 1 nitrogen and oxygen atoms in total. The van der Waals surface area contributed by atoms with Gasteiger partial charge in [-0.05, 0) is 31.8 Å². The van der Waals surface area contributed by atoms with Gasteiger partial charge in [0.1, 0.15) is 0 Å². The van der Waals surface area contributed by atoms with E-state index in [1.165, 1.54) is 0 Å². The van der Waals surface area contributed by atoms with Gasteiger partial charge in [-0.1, -0.05) is 6.08 Å². The molecule has 0 saturated carbocycles. The first-order valence-corrected chi connectivity index (χ1v) is 3.40. The Balaban J connectivity index is 2.39. The summed E-state index contributed by atoms with van der Waals surface area (Å²) < 4.78 is 0. The molecule has 1 heteroatoms. The zero-order valence-electron chi connectivity index (χ0n) is 5.47. The van der Waals surface area contributed by atoms with Crippen LogP contribution in [0.25, 0.3) is 0 Å². The van der Waals surface area contributed by atoms with Crippen molar-refractivity contribution in [1.29, 1.82) is 0 Å². The van der Waals surface area contributed by atoms with E-state index in [0.717, 1.165) is 25.7 Å². The fourth-order valence-corrected chi connectivity index (χ4v) is 0.918. The molecule has 1 aliphatic carbocycles. The van der Waals surface area contributed by atoms with Crippen LogP contribution < -0.4 is 0 Å². The minimum Gasteiger partial charge on any atom is -0.295 e. The van der Waals surface area contributed by atoms with Gasteiger partial charge in [-0.15, -0.1) is 0 Å². The van der Waals surface area contributed by atoms with Crippen LogP contribution in [-0.2, 0) is 4.79 Å². The average molecular weight is 123 g/mol. The zero-order chi connectivity index (χ0) is 6.53. The van der Waals surface area contributed by atoms with Crippen molar-refractivity contribution in [3.8, 4) is 0 Å². The van der Waals surface area contributed by atoms with Crippen LogP contribution in [0.4, 0.5) is 0 Å². The van der Waals surface area contributed by atoms with E-state index in [1.807, 2.05) is 6.08 Å². The lowest BCUT2D eigenvalue weighted by Gasteiger charge is -1.99. The third-order valence-corrected chi connectivity index (χ3v) is 1.44. The number of ketones is 1. The second-order valence-corrected chi connectivity index (χ2v) is 2.29. The number of carbonyl (C=O) groups is 1. The lowest BCUT2D eigenvalue weighted by molar-refractivity contribution is -0.114. The first-order chi connectivity index (χ1) is 4.39. The van der Waals surface area contributed by atoms with Gasteiger partial charge in [0.2, 0.25) is 0 Å². The minimum atomic E-state index is 0.281. The summed E-state index contributed by atoms with van der Waals surface area (Å²) in [6, 6.07) is 0. The second kappa shape index (κ2) is 3.44. The van der Waals surface area contributed by atoms with Crippen molar-refractivity contribution >= 4 is 5.78 Å². The molecule has 1 radical (unpaired) electrons. The Morgan fingerprint density at radius 3 is 3.22 bits per heavy atom. The van der Waals surface area contributed by atoms with Crippen LogP contribution in [0.3, 0.4) is 0 Å². The summed E-state index contributed by atoms with van der Waals surface area (Å²) in [4.78, 5) is 10.7. The molecule has 9 heavy (non-hydrogen) atoms. The highest BCUT2D eigenvalue weighted by molar-refractivity contribution is 5.89.